The van der Waals surface area contributed by atoms with E-state index < -0.39 is 12.1 Å². The average molecular weight is 466 g/mol. The molecule has 2 fully saturated rings. The summed E-state index contributed by atoms with van der Waals surface area (Å²) in [4.78, 5) is 18.1. The zero-order valence-corrected chi connectivity index (χ0v) is 18.5. The first kappa shape index (κ1) is 25.1. The fourth-order valence-corrected chi connectivity index (χ4v) is 4.84. The fourth-order valence-electron chi connectivity index (χ4n) is 4.84. The summed E-state index contributed by atoms with van der Waals surface area (Å²) in [7, 11) is 0. The number of aromatic nitrogens is 2. The van der Waals surface area contributed by atoms with Crippen LogP contribution >= 0.6 is 0 Å². The van der Waals surface area contributed by atoms with Crippen LogP contribution in [0.25, 0.3) is 0 Å². The van der Waals surface area contributed by atoms with Crippen LogP contribution in [0.15, 0.2) is 48.8 Å². The summed E-state index contributed by atoms with van der Waals surface area (Å²) in [5.41, 5.74) is 2.56. The Balaban J connectivity index is 0.000000383. The zero-order chi connectivity index (χ0) is 23.8. The smallest absolute Gasteiger partial charge is 0.475 e. The van der Waals surface area contributed by atoms with Gasteiger partial charge in [-0.3, -0.25) is 9.97 Å². The molecule has 180 valence electrons. The Morgan fingerprint density at radius 2 is 1.73 bits per heavy atom. The number of halogens is 3. The number of hydrogen-bond donors (Lipinski definition) is 2. The number of hydrogen-bond acceptors (Lipinski definition) is 5. The molecule has 2 N–H and O–H groups in total. The second kappa shape index (κ2) is 11.1. The predicted molar refractivity (Wildman–Crippen MR) is 117 cm³/mol. The van der Waals surface area contributed by atoms with Crippen LogP contribution in [0.4, 0.5) is 13.2 Å². The number of rotatable bonds is 6. The molecule has 1 aliphatic heterocycles. The lowest BCUT2D eigenvalue weighted by Gasteiger charge is -2.46. The van der Waals surface area contributed by atoms with Gasteiger partial charge in [0.05, 0.1) is 11.3 Å². The van der Waals surface area contributed by atoms with Gasteiger partial charge in [0.2, 0.25) is 0 Å². The molecule has 2 aromatic heterocycles. The summed E-state index contributed by atoms with van der Waals surface area (Å²) in [5.74, 6) is -2.76. The number of nitrogens with zero attached hydrogens (tertiary/aromatic N) is 2. The van der Waals surface area contributed by atoms with Gasteiger partial charge in [-0.1, -0.05) is 25.0 Å². The van der Waals surface area contributed by atoms with Crippen molar-refractivity contribution in [2.75, 3.05) is 13.2 Å². The lowest BCUT2D eigenvalue weighted by molar-refractivity contribution is -0.192. The molecule has 1 aliphatic carbocycles. The Morgan fingerprint density at radius 1 is 1.06 bits per heavy atom. The first-order valence-electron chi connectivity index (χ1n) is 11.2. The molecule has 6 nitrogen and oxygen atoms in total. The van der Waals surface area contributed by atoms with Crippen LogP contribution in [0.5, 0.6) is 0 Å². The SMILES string of the molecule is O=C(O)C(F)(F)F.c1ccc(CNCC[C@@]2(c3ccccn3)CCOC3(CCCC3)C2)nc1. The first-order chi connectivity index (χ1) is 15.7. The Kier molecular flexibility index (Phi) is 8.42. The Morgan fingerprint density at radius 3 is 2.30 bits per heavy atom. The quantitative estimate of drug-likeness (QED) is 0.604. The van der Waals surface area contributed by atoms with Crippen molar-refractivity contribution in [3.05, 3.63) is 60.2 Å². The molecule has 0 aromatic carbocycles. The normalized spacial score (nSPS) is 21.9. The number of carboxylic acids is 1. The topological polar surface area (TPSA) is 84.3 Å². The van der Waals surface area contributed by atoms with Crippen molar-refractivity contribution in [3.8, 4) is 0 Å². The first-order valence-corrected chi connectivity index (χ1v) is 11.2. The summed E-state index contributed by atoms with van der Waals surface area (Å²) >= 11 is 0. The minimum Gasteiger partial charge on any atom is -0.475 e. The van der Waals surface area contributed by atoms with Gasteiger partial charge in [0, 0.05) is 36.7 Å². The van der Waals surface area contributed by atoms with Crippen molar-refractivity contribution in [2.45, 2.75) is 68.7 Å². The lowest BCUT2D eigenvalue weighted by Crippen LogP contribution is -2.47. The third kappa shape index (κ3) is 6.98. The highest BCUT2D eigenvalue weighted by molar-refractivity contribution is 5.73. The molecule has 0 radical (unpaired) electrons. The highest BCUT2D eigenvalue weighted by Gasteiger charge is 2.48. The van der Waals surface area contributed by atoms with Crippen molar-refractivity contribution >= 4 is 5.97 Å². The standard InChI is InChI=1S/C22H29N3O.C2HF3O2/c1-5-13-24-19(7-1)17-23-15-11-21(20-8-2-6-14-25-20)12-16-26-22(18-21)9-3-4-10-22;3-2(4,5)1(6)7/h1-2,5-8,13-14,23H,3-4,9-12,15-18H2;(H,6,7)/t21-;/m1./s1. The summed E-state index contributed by atoms with van der Waals surface area (Å²) in [6, 6.07) is 12.4. The third-order valence-corrected chi connectivity index (χ3v) is 6.43. The average Bonchev–Trinajstić information content (AvgIpc) is 3.25. The van der Waals surface area contributed by atoms with E-state index in [4.69, 9.17) is 19.6 Å². The highest BCUT2D eigenvalue weighted by atomic mass is 19.4. The number of nitrogens with one attached hydrogen (secondary N) is 1. The maximum atomic E-state index is 10.6. The Bertz CT molecular complexity index is 875. The van der Waals surface area contributed by atoms with E-state index in [9.17, 15) is 13.2 Å². The van der Waals surface area contributed by atoms with E-state index >= 15 is 0 Å². The van der Waals surface area contributed by atoms with Crippen LogP contribution in [0, 0.1) is 0 Å². The molecule has 1 atom stereocenters. The van der Waals surface area contributed by atoms with E-state index in [1.54, 1.807) is 0 Å². The highest BCUT2D eigenvalue weighted by Crippen LogP contribution is 2.49. The maximum absolute atomic E-state index is 10.6. The molecule has 0 amide bonds. The lowest BCUT2D eigenvalue weighted by atomic mass is 9.68. The van der Waals surface area contributed by atoms with Gasteiger partial charge in [-0.2, -0.15) is 13.2 Å². The summed E-state index contributed by atoms with van der Waals surface area (Å²) < 4.78 is 38.1. The molecule has 33 heavy (non-hydrogen) atoms. The van der Waals surface area contributed by atoms with Crippen LogP contribution in [0.1, 0.15) is 56.3 Å². The molecule has 1 saturated heterocycles. The van der Waals surface area contributed by atoms with E-state index in [1.165, 1.54) is 31.4 Å². The van der Waals surface area contributed by atoms with Crippen molar-refractivity contribution in [1.29, 1.82) is 0 Å². The number of ether oxygens (including phenoxy) is 1. The van der Waals surface area contributed by atoms with Gasteiger partial charge in [0.15, 0.2) is 0 Å². The second-order valence-electron chi connectivity index (χ2n) is 8.71. The van der Waals surface area contributed by atoms with Gasteiger partial charge in [0.1, 0.15) is 0 Å². The van der Waals surface area contributed by atoms with Gasteiger partial charge >= 0.3 is 12.1 Å². The minimum absolute atomic E-state index is 0.0940. The van der Waals surface area contributed by atoms with E-state index in [-0.39, 0.29) is 11.0 Å². The molecule has 2 aliphatic rings. The molecule has 2 aromatic rings. The van der Waals surface area contributed by atoms with Crippen molar-refractivity contribution < 1.29 is 27.8 Å². The molecule has 3 heterocycles. The molecular weight excluding hydrogens is 435 g/mol. The van der Waals surface area contributed by atoms with Gasteiger partial charge in [-0.05, 0) is 62.9 Å². The summed E-state index contributed by atoms with van der Waals surface area (Å²) in [6.07, 6.45) is 7.02. The van der Waals surface area contributed by atoms with Crippen LogP contribution < -0.4 is 5.32 Å². The second-order valence-corrected chi connectivity index (χ2v) is 8.71. The van der Waals surface area contributed by atoms with E-state index in [1.807, 2.05) is 30.6 Å². The number of alkyl halides is 3. The number of aliphatic carboxylic acids is 1. The molecule has 1 spiro atoms. The van der Waals surface area contributed by atoms with Crippen LogP contribution in [-0.2, 0) is 21.5 Å². The van der Waals surface area contributed by atoms with Crippen LogP contribution in [0.2, 0.25) is 0 Å². The Hall–Kier alpha value is -2.52. The van der Waals surface area contributed by atoms with Gasteiger partial charge in [0.25, 0.3) is 0 Å². The molecular formula is C24H30F3N3O3. The number of carboxylic acid groups (broad SMARTS) is 1. The molecule has 9 heteroatoms. The number of carbonyl (C=O) groups is 1. The van der Waals surface area contributed by atoms with Crippen molar-refractivity contribution in [1.82, 2.24) is 15.3 Å². The summed E-state index contributed by atoms with van der Waals surface area (Å²) in [6.45, 7) is 2.65. The summed E-state index contributed by atoms with van der Waals surface area (Å²) in [5, 5.41) is 10.7. The zero-order valence-electron chi connectivity index (χ0n) is 18.5. The van der Waals surface area contributed by atoms with Crippen molar-refractivity contribution in [2.24, 2.45) is 0 Å². The number of pyridine rings is 2. The molecule has 4 rings (SSSR count). The minimum atomic E-state index is -5.08. The Labute approximate surface area is 191 Å². The van der Waals surface area contributed by atoms with Gasteiger partial charge < -0.3 is 15.2 Å². The predicted octanol–water partition coefficient (Wildman–Crippen LogP) is 4.65. The van der Waals surface area contributed by atoms with E-state index in [2.05, 4.69) is 28.5 Å². The molecule has 0 unspecified atom stereocenters. The molecule has 0 bridgehead atoms. The van der Waals surface area contributed by atoms with Gasteiger partial charge in [-0.15, -0.1) is 0 Å². The maximum Gasteiger partial charge on any atom is 0.490 e. The van der Waals surface area contributed by atoms with E-state index in [0.717, 1.165) is 44.7 Å². The van der Waals surface area contributed by atoms with Crippen LogP contribution in [0.3, 0.4) is 0 Å². The fraction of sp³-hybridized carbons (Fsp3) is 0.542. The largest absolute Gasteiger partial charge is 0.490 e. The third-order valence-electron chi connectivity index (χ3n) is 6.43. The monoisotopic (exact) mass is 465 g/mol. The van der Waals surface area contributed by atoms with Crippen LogP contribution in [-0.4, -0.2) is 46.0 Å². The van der Waals surface area contributed by atoms with Gasteiger partial charge in [-0.25, -0.2) is 4.79 Å². The van der Waals surface area contributed by atoms with Crippen molar-refractivity contribution in [3.63, 3.8) is 0 Å². The van der Waals surface area contributed by atoms with E-state index in [0.29, 0.717) is 0 Å². The molecule has 1 saturated carbocycles.